The Morgan fingerprint density at radius 3 is 2.67 bits per heavy atom. The molecule has 2 nitrogen and oxygen atoms in total. The van der Waals surface area contributed by atoms with Gasteiger partial charge in [0.25, 0.3) is 0 Å². The summed E-state index contributed by atoms with van der Waals surface area (Å²) in [5.74, 6) is 0. The van der Waals surface area contributed by atoms with Crippen LogP contribution in [0.3, 0.4) is 0 Å². The lowest BCUT2D eigenvalue weighted by molar-refractivity contribution is 0.973. The first-order valence-electron chi connectivity index (χ1n) is 4.48. The number of anilines is 1. The van der Waals surface area contributed by atoms with Gasteiger partial charge in [0.15, 0.2) is 5.13 Å². The highest BCUT2D eigenvalue weighted by Gasteiger charge is 2.03. The summed E-state index contributed by atoms with van der Waals surface area (Å²) in [4.78, 5) is 5.82. The van der Waals surface area contributed by atoms with Crippen molar-refractivity contribution in [1.29, 1.82) is 0 Å². The van der Waals surface area contributed by atoms with Crippen LogP contribution >= 0.6 is 11.3 Å². The fraction of sp³-hybridized carbons (Fsp3) is 0.667. The maximum absolute atomic E-state index is 4.43. The molecule has 0 amide bonds. The summed E-state index contributed by atoms with van der Waals surface area (Å²) in [6.07, 6.45) is 2.25. The van der Waals surface area contributed by atoms with Gasteiger partial charge in [0.05, 0.1) is 5.69 Å². The quantitative estimate of drug-likeness (QED) is 0.778. The third-order valence-corrected chi connectivity index (χ3v) is 3.00. The fourth-order valence-corrected chi connectivity index (χ4v) is 1.99. The second-order valence-corrected chi connectivity index (χ2v) is 3.89. The van der Waals surface area contributed by atoms with Crippen LogP contribution in [-0.4, -0.2) is 11.5 Å². The lowest BCUT2D eigenvalue weighted by atomic mass is 10.3. The molecule has 0 atom stereocenters. The molecule has 0 aliphatic carbocycles. The van der Waals surface area contributed by atoms with Crippen LogP contribution in [0.1, 0.15) is 30.8 Å². The van der Waals surface area contributed by atoms with E-state index < -0.39 is 0 Å². The van der Waals surface area contributed by atoms with E-state index in [1.807, 2.05) is 0 Å². The minimum Gasteiger partial charge on any atom is -0.362 e. The molecule has 0 fully saturated rings. The normalized spacial score (nSPS) is 10.2. The van der Waals surface area contributed by atoms with Gasteiger partial charge in [0.1, 0.15) is 0 Å². The van der Waals surface area contributed by atoms with Gasteiger partial charge in [-0.2, -0.15) is 0 Å². The average molecular weight is 184 g/mol. The molecule has 12 heavy (non-hydrogen) atoms. The second-order valence-electron chi connectivity index (χ2n) is 2.81. The molecule has 0 saturated carbocycles. The highest BCUT2D eigenvalue weighted by atomic mass is 32.1. The number of aromatic nitrogens is 1. The van der Waals surface area contributed by atoms with Crippen molar-refractivity contribution in [3.05, 3.63) is 10.6 Å². The van der Waals surface area contributed by atoms with Crippen molar-refractivity contribution in [2.45, 2.75) is 33.6 Å². The van der Waals surface area contributed by atoms with Crippen molar-refractivity contribution in [1.82, 2.24) is 4.98 Å². The molecule has 1 aromatic rings. The zero-order valence-corrected chi connectivity index (χ0v) is 8.79. The van der Waals surface area contributed by atoms with Crippen LogP contribution in [0.5, 0.6) is 0 Å². The van der Waals surface area contributed by atoms with Crippen LogP contribution in [0, 0.1) is 6.92 Å². The molecule has 0 aromatic carbocycles. The molecular formula is C9H16N2S. The molecule has 0 aliphatic rings. The standard InChI is InChI=1S/C9H16N2S/c1-4-6-10-9-11-7(3)8(5-2)12-9/h4-6H2,1-3H3,(H,10,11). The molecule has 3 heteroatoms. The molecule has 0 radical (unpaired) electrons. The summed E-state index contributed by atoms with van der Waals surface area (Å²) in [5.41, 5.74) is 1.18. The predicted octanol–water partition coefficient (Wildman–Crippen LogP) is 2.84. The molecule has 0 aliphatic heterocycles. The van der Waals surface area contributed by atoms with Crippen LogP contribution < -0.4 is 5.32 Å². The largest absolute Gasteiger partial charge is 0.362 e. The summed E-state index contributed by atoms with van der Waals surface area (Å²) in [7, 11) is 0. The zero-order valence-electron chi connectivity index (χ0n) is 7.98. The third-order valence-electron chi connectivity index (χ3n) is 1.74. The Kier molecular flexibility index (Phi) is 3.53. The van der Waals surface area contributed by atoms with Gasteiger partial charge in [-0.15, -0.1) is 11.3 Å². The number of hydrogen-bond donors (Lipinski definition) is 1. The molecule has 1 heterocycles. The van der Waals surface area contributed by atoms with Gasteiger partial charge in [-0.05, 0) is 19.8 Å². The Labute approximate surface area is 78.0 Å². The van der Waals surface area contributed by atoms with E-state index in [0.717, 1.165) is 24.5 Å². The molecule has 1 rings (SSSR count). The topological polar surface area (TPSA) is 24.9 Å². The van der Waals surface area contributed by atoms with Crippen molar-refractivity contribution in [2.75, 3.05) is 11.9 Å². The highest BCUT2D eigenvalue weighted by molar-refractivity contribution is 7.15. The van der Waals surface area contributed by atoms with Gasteiger partial charge < -0.3 is 5.32 Å². The first-order chi connectivity index (χ1) is 5.77. The molecule has 68 valence electrons. The Hall–Kier alpha value is -0.570. The minimum atomic E-state index is 1.02. The Morgan fingerprint density at radius 2 is 2.17 bits per heavy atom. The van der Waals surface area contributed by atoms with E-state index in [2.05, 4.69) is 31.1 Å². The highest BCUT2D eigenvalue weighted by Crippen LogP contribution is 2.22. The van der Waals surface area contributed by atoms with Crippen molar-refractivity contribution >= 4 is 16.5 Å². The van der Waals surface area contributed by atoms with Crippen LogP contribution in [0.15, 0.2) is 0 Å². The number of thiazole rings is 1. The van der Waals surface area contributed by atoms with E-state index >= 15 is 0 Å². The molecular weight excluding hydrogens is 168 g/mol. The number of hydrogen-bond acceptors (Lipinski definition) is 3. The lowest BCUT2D eigenvalue weighted by Crippen LogP contribution is -1.98. The summed E-state index contributed by atoms with van der Waals surface area (Å²) in [6.45, 7) is 7.43. The smallest absolute Gasteiger partial charge is 0.183 e. The SMILES string of the molecule is CCCNc1nc(C)c(CC)s1. The zero-order chi connectivity index (χ0) is 8.97. The van der Waals surface area contributed by atoms with Gasteiger partial charge in [-0.3, -0.25) is 0 Å². The fourth-order valence-electron chi connectivity index (χ4n) is 1.06. The Bertz CT molecular complexity index is 243. The molecule has 1 N–H and O–H groups in total. The maximum Gasteiger partial charge on any atom is 0.183 e. The first kappa shape index (κ1) is 9.52. The van der Waals surface area contributed by atoms with Crippen LogP contribution in [0.25, 0.3) is 0 Å². The number of aryl methyl sites for hydroxylation is 2. The number of nitrogens with one attached hydrogen (secondary N) is 1. The predicted molar refractivity (Wildman–Crippen MR) is 55.0 cm³/mol. The lowest BCUT2D eigenvalue weighted by Gasteiger charge is -1.96. The van der Waals surface area contributed by atoms with E-state index in [0.29, 0.717) is 0 Å². The molecule has 0 bridgehead atoms. The summed E-state index contributed by atoms with van der Waals surface area (Å²) >= 11 is 1.78. The van der Waals surface area contributed by atoms with Crippen molar-refractivity contribution in [3.63, 3.8) is 0 Å². The van der Waals surface area contributed by atoms with E-state index in [-0.39, 0.29) is 0 Å². The Balaban J connectivity index is 2.62. The van der Waals surface area contributed by atoms with E-state index in [1.165, 1.54) is 10.6 Å². The van der Waals surface area contributed by atoms with Gasteiger partial charge in [-0.1, -0.05) is 13.8 Å². The van der Waals surface area contributed by atoms with Gasteiger partial charge in [-0.25, -0.2) is 4.98 Å². The van der Waals surface area contributed by atoms with Gasteiger partial charge >= 0.3 is 0 Å². The first-order valence-corrected chi connectivity index (χ1v) is 5.29. The summed E-state index contributed by atoms with van der Waals surface area (Å²) < 4.78 is 0. The molecule has 1 aromatic heterocycles. The Morgan fingerprint density at radius 1 is 1.42 bits per heavy atom. The van der Waals surface area contributed by atoms with Crippen LogP contribution in [0.4, 0.5) is 5.13 Å². The monoisotopic (exact) mass is 184 g/mol. The third kappa shape index (κ3) is 2.21. The van der Waals surface area contributed by atoms with Gasteiger partial charge in [0, 0.05) is 11.4 Å². The van der Waals surface area contributed by atoms with E-state index in [9.17, 15) is 0 Å². The summed E-state index contributed by atoms with van der Waals surface area (Å²) in [6, 6.07) is 0. The average Bonchev–Trinajstić information content (AvgIpc) is 2.43. The molecule has 0 saturated heterocycles. The van der Waals surface area contributed by atoms with Crippen LogP contribution in [0.2, 0.25) is 0 Å². The minimum absolute atomic E-state index is 1.02. The van der Waals surface area contributed by atoms with E-state index in [1.54, 1.807) is 11.3 Å². The maximum atomic E-state index is 4.43. The second kappa shape index (κ2) is 4.45. The van der Waals surface area contributed by atoms with E-state index in [4.69, 9.17) is 0 Å². The van der Waals surface area contributed by atoms with Crippen molar-refractivity contribution in [2.24, 2.45) is 0 Å². The van der Waals surface area contributed by atoms with Gasteiger partial charge in [0.2, 0.25) is 0 Å². The molecule has 0 unspecified atom stereocenters. The van der Waals surface area contributed by atoms with Crippen molar-refractivity contribution < 1.29 is 0 Å². The number of nitrogens with zero attached hydrogens (tertiary/aromatic N) is 1. The molecule has 0 spiro atoms. The number of rotatable bonds is 4. The van der Waals surface area contributed by atoms with Crippen molar-refractivity contribution in [3.8, 4) is 0 Å². The summed E-state index contributed by atoms with van der Waals surface area (Å²) in [5, 5.41) is 4.37. The van der Waals surface area contributed by atoms with Crippen LogP contribution in [-0.2, 0) is 6.42 Å².